The van der Waals surface area contributed by atoms with Gasteiger partial charge in [-0.1, -0.05) is 38.1 Å². The molecule has 0 fully saturated rings. The molecule has 0 saturated carbocycles. The van der Waals surface area contributed by atoms with E-state index in [2.05, 4.69) is 18.8 Å². The highest BCUT2D eigenvalue weighted by molar-refractivity contribution is 14.1. The second-order valence-electron chi connectivity index (χ2n) is 4.87. The van der Waals surface area contributed by atoms with Gasteiger partial charge in [0.1, 0.15) is 0 Å². The zero-order chi connectivity index (χ0) is 14.7. The number of ketones is 1. The average Bonchev–Trinajstić information content (AvgIpc) is 2.44. The molecule has 0 spiro atoms. The smallest absolute Gasteiger partial charge is 0.267 e. The molecule has 0 saturated heterocycles. The van der Waals surface area contributed by atoms with Gasteiger partial charge in [-0.15, -0.1) is 0 Å². The Labute approximate surface area is 131 Å². The highest BCUT2D eigenvalue weighted by atomic mass is 127. The van der Waals surface area contributed by atoms with Gasteiger partial charge in [-0.25, -0.2) is 4.98 Å². The lowest BCUT2D eigenvalue weighted by Gasteiger charge is -2.07. The lowest BCUT2D eigenvalue weighted by molar-refractivity contribution is 0.0970. The van der Waals surface area contributed by atoms with Crippen molar-refractivity contribution in [1.82, 2.24) is 9.55 Å². The van der Waals surface area contributed by atoms with Gasteiger partial charge in [-0.2, -0.15) is 0 Å². The van der Waals surface area contributed by atoms with Crippen LogP contribution in [0.1, 0.15) is 35.7 Å². The van der Waals surface area contributed by atoms with Crippen molar-refractivity contribution >= 4 is 28.4 Å². The molecule has 1 aromatic heterocycles. The van der Waals surface area contributed by atoms with E-state index in [1.807, 2.05) is 46.9 Å². The van der Waals surface area contributed by atoms with E-state index < -0.39 is 0 Å². The first-order valence-electron chi connectivity index (χ1n) is 6.32. The minimum absolute atomic E-state index is 0.0176. The van der Waals surface area contributed by atoms with Crippen LogP contribution in [0, 0.1) is 3.57 Å². The van der Waals surface area contributed by atoms with Crippen molar-refractivity contribution in [2.75, 3.05) is 0 Å². The summed E-state index contributed by atoms with van der Waals surface area (Å²) < 4.78 is 1.84. The highest BCUT2D eigenvalue weighted by Crippen LogP contribution is 2.15. The van der Waals surface area contributed by atoms with Crippen molar-refractivity contribution in [3.63, 3.8) is 0 Å². The number of Topliss-reactive ketones (excluding diaryl/α,β-unsaturated/α-hetero) is 1. The standard InChI is InChI=1S/C15H15IN2O2/c1-10(2)11-3-5-12(6-4-11)14(19)8-18-9-17-7-13(16)15(18)20/h3-7,9-10H,8H2,1-2H3. The maximum atomic E-state index is 12.2. The fourth-order valence-electron chi connectivity index (χ4n) is 1.84. The van der Waals surface area contributed by atoms with Crippen LogP contribution in [-0.4, -0.2) is 15.3 Å². The number of rotatable bonds is 4. The first-order valence-corrected chi connectivity index (χ1v) is 7.40. The van der Waals surface area contributed by atoms with E-state index in [1.165, 1.54) is 22.7 Å². The summed E-state index contributed by atoms with van der Waals surface area (Å²) in [6.07, 6.45) is 2.88. The van der Waals surface area contributed by atoms with Gasteiger partial charge in [0, 0.05) is 11.8 Å². The van der Waals surface area contributed by atoms with Crippen molar-refractivity contribution in [3.05, 3.63) is 61.8 Å². The third kappa shape index (κ3) is 3.33. The Bertz CT molecular complexity index is 675. The summed E-state index contributed by atoms with van der Waals surface area (Å²) in [5.41, 5.74) is 1.61. The van der Waals surface area contributed by atoms with E-state index in [0.717, 1.165) is 0 Å². The molecule has 0 radical (unpaired) electrons. The van der Waals surface area contributed by atoms with Gasteiger partial charge in [0.05, 0.1) is 16.4 Å². The molecule has 1 aromatic carbocycles. The molecule has 0 unspecified atom stereocenters. The summed E-state index contributed by atoms with van der Waals surface area (Å²) in [5.74, 6) is 0.341. The molecule has 0 aliphatic heterocycles. The molecule has 0 N–H and O–H groups in total. The monoisotopic (exact) mass is 382 g/mol. The van der Waals surface area contributed by atoms with Crippen LogP contribution in [0.3, 0.4) is 0 Å². The Balaban J connectivity index is 2.20. The normalized spacial score (nSPS) is 10.8. The molecule has 0 amide bonds. The molecular formula is C15H15IN2O2. The van der Waals surface area contributed by atoms with Crippen molar-refractivity contribution < 1.29 is 4.79 Å². The Morgan fingerprint density at radius 3 is 2.55 bits per heavy atom. The van der Waals surface area contributed by atoms with Crippen molar-refractivity contribution in [3.8, 4) is 0 Å². The Morgan fingerprint density at radius 2 is 1.95 bits per heavy atom. The molecule has 2 rings (SSSR count). The van der Waals surface area contributed by atoms with E-state index in [9.17, 15) is 9.59 Å². The van der Waals surface area contributed by atoms with Gasteiger partial charge in [0.25, 0.3) is 5.56 Å². The second kappa shape index (κ2) is 6.30. The molecule has 4 nitrogen and oxygen atoms in total. The third-order valence-corrected chi connectivity index (χ3v) is 3.81. The van der Waals surface area contributed by atoms with E-state index >= 15 is 0 Å². The van der Waals surface area contributed by atoms with Crippen LogP contribution in [0.25, 0.3) is 0 Å². The Morgan fingerprint density at radius 1 is 1.30 bits per heavy atom. The molecule has 0 atom stereocenters. The van der Waals surface area contributed by atoms with Gasteiger partial charge in [-0.3, -0.25) is 14.2 Å². The zero-order valence-corrected chi connectivity index (χ0v) is 13.5. The van der Waals surface area contributed by atoms with E-state index in [-0.39, 0.29) is 17.9 Å². The molecule has 104 valence electrons. The van der Waals surface area contributed by atoms with Crippen LogP contribution in [0.5, 0.6) is 0 Å². The van der Waals surface area contributed by atoms with Gasteiger partial charge < -0.3 is 0 Å². The quantitative estimate of drug-likeness (QED) is 0.604. The van der Waals surface area contributed by atoms with Crippen molar-refractivity contribution in [2.24, 2.45) is 0 Å². The molecule has 5 heteroatoms. The SMILES string of the molecule is CC(C)c1ccc(C(=O)Cn2cncc(I)c2=O)cc1. The summed E-state index contributed by atoms with van der Waals surface area (Å²) in [6, 6.07) is 7.52. The Kier molecular flexibility index (Phi) is 4.69. The van der Waals surface area contributed by atoms with Gasteiger partial charge in [-0.05, 0) is 34.1 Å². The third-order valence-electron chi connectivity index (χ3n) is 3.07. The Hall–Kier alpha value is -1.50. The topological polar surface area (TPSA) is 52.0 Å². The van der Waals surface area contributed by atoms with Gasteiger partial charge in [0.2, 0.25) is 0 Å². The van der Waals surface area contributed by atoms with Gasteiger partial charge in [0.15, 0.2) is 5.78 Å². The molecular weight excluding hydrogens is 367 g/mol. The summed E-state index contributed by atoms with van der Waals surface area (Å²) in [7, 11) is 0. The van der Waals surface area contributed by atoms with Crippen LogP contribution in [0.15, 0.2) is 41.6 Å². The molecule has 0 bridgehead atoms. The maximum Gasteiger partial charge on any atom is 0.267 e. The number of hydrogen-bond donors (Lipinski definition) is 0. The number of aromatic nitrogens is 2. The van der Waals surface area contributed by atoms with Crippen LogP contribution in [-0.2, 0) is 6.54 Å². The largest absolute Gasteiger partial charge is 0.292 e. The molecule has 0 aliphatic carbocycles. The molecule has 20 heavy (non-hydrogen) atoms. The predicted octanol–water partition coefficient (Wildman–Crippen LogP) is 2.85. The summed E-state index contributed by atoms with van der Waals surface area (Å²) in [4.78, 5) is 27.9. The summed E-state index contributed by atoms with van der Waals surface area (Å²) in [5, 5.41) is 0. The number of hydrogen-bond acceptors (Lipinski definition) is 3. The van der Waals surface area contributed by atoms with Crippen LogP contribution < -0.4 is 5.56 Å². The summed E-state index contributed by atoms with van der Waals surface area (Å²) >= 11 is 1.92. The number of benzene rings is 1. The van der Waals surface area contributed by atoms with Crippen LogP contribution in [0.4, 0.5) is 0 Å². The molecule has 0 aliphatic rings. The number of carbonyl (C=O) groups is 1. The second-order valence-corrected chi connectivity index (χ2v) is 6.04. The number of halogens is 1. The first kappa shape index (κ1) is 14.9. The fraction of sp³-hybridized carbons (Fsp3) is 0.267. The highest BCUT2D eigenvalue weighted by Gasteiger charge is 2.10. The van der Waals surface area contributed by atoms with Crippen molar-refractivity contribution in [1.29, 1.82) is 0 Å². The number of nitrogens with zero attached hydrogens (tertiary/aromatic N) is 2. The maximum absolute atomic E-state index is 12.2. The van der Waals surface area contributed by atoms with Crippen LogP contribution >= 0.6 is 22.6 Å². The van der Waals surface area contributed by atoms with E-state index in [1.54, 1.807) is 0 Å². The number of carbonyl (C=O) groups excluding carboxylic acids is 1. The van der Waals surface area contributed by atoms with Gasteiger partial charge >= 0.3 is 0 Å². The minimum atomic E-state index is -0.187. The minimum Gasteiger partial charge on any atom is -0.292 e. The lowest BCUT2D eigenvalue weighted by Crippen LogP contribution is -2.26. The predicted molar refractivity (Wildman–Crippen MR) is 86.1 cm³/mol. The average molecular weight is 382 g/mol. The fourth-order valence-corrected chi connectivity index (χ4v) is 2.31. The first-order chi connectivity index (χ1) is 9.49. The van der Waals surface area contributed by atoms with E-state index in [4.69, 9.17) is 0 Å². The lowest BCUT2D eigenvalue weighted by atomic mass is 10.0. The summed E-state index contributed by atoms with van der Waals surface area (Å²) in [6.45, 7) is 4.23. The zero-order valence-electron chi connectivity index (χ0n) is 11.3. The van der Waals surface area contributed by atoms with E-state index in [0.29, 0.717) is 15.1 Å². The molecule has 1 heterocycles. The van der Waals surface area contributed by atoms with Crippen LogP contribution in [0.2, 0.25) is 0 Å². The van der Waals surface area contributed by atoms with Crippen molar-refractivity contribution in [2.45, 2.75) is 26.3 Å². The molecule has 2 aromatic rings.